The van der Waals surface area contributed by atoms with Crippen LogP contribution in [0.2, 0.25) is 0 Å². The van der Waals surface area contributed by atoms with Crippen molar-refractivity contribution in [2.45, 2.75) is 45.4 Å². The number of anilines is 1. The minimum Gasteiger partial charge on any atom is -0.383 e. The molecule has 0 aromatic heterocycles. The van der Waals surface area contributed by atoms with Gasteiger partial charge in [-0.25, -0.2) is 0 Å². The van der Waals surface area contributed by atoms with E-state index in [2.05, 4.69) is 43.4 Å². The summed E-state index contributed by atoms with van der Waals surface area (Å²) in [7, 11) is 0. The Morgan fingerprint density at radius 3 is 2.32 bits per heavy atom. The Hall–Kier alpha value is -1.39. The molecule has 0 atom stereocenters. The lowest BCUT2D eigenvalue weighted by molar-refractivity contribution is 0.746. The topological polar surface area (TPSA) is 76.4 Å². The van der Waals surface area contributed by atoms with Gasteiger partial charge in [0.15, 0.2) is 0 Å². The molecule has 22 heavy (non-hydrogen) atoms. The molecular weight excluding hydrogens is 272 g/mol. The van der Waals surface area contributed by atoms with Gasteiger partial charge in [-0.15, -0.1) is 0 Å². The summed E-state index contributed by atoms with van der Waals surface area (Å²) in [5.74, 6) is 0.516. The van der Waals surface area contributed by atoms with Gasteiger partial charge in [-0.3, -0.25) is 4.99 Å². The maximum absolute atomic E-state index is 5.55. The molecular formula is C18H32N4. The summed E-state index contributed by atoms with van der Waals surface area (Å²) in [6, 6.07) is 8.65. The van der Waals surface area contributed by atoms with E-state index in [1.165, 1.54) is 5.56 Å². The molecule has 0 saturated carbocycles. The Bertz CT molecular complexity index is 483. The van der Waals surface area contributed by atoms with E-state index in [0.29, 0.717) is 5.92 Å². The van der Waals surface area contributed by atoms with E-state index in [9.17, 15) is 0 Å². The monoisotopic (exact) mass is 304 g/mol. The highest BCUT2D eigenvalue weighted by Crippen LogP contribution is 2.13. The fourth-order valence-electron chi connectivity index (χ4n) is 2.21. The second-order valence-corrected chi connectivity index (χ2v) is 5.92. The highest BCUT2D eigenvalue weighted by Gasteiger charge is 2.00. The second-order valence-electron chi connectivity index (χ2n) is 5.92. The first kappa shape index (κ1) is 18.7. The normalized spacial score (nSPS) is 12.0. The molecule has 0 unspecified atom stereocenters. The quantitative estimate of drug-likeness (QED) is 0.582. The van der Waals surface area contributed by atoms with E-state index >= 15 is 0 Å². The summed E-state index contributed by atoms with van der Waals surface area (Å²) in [6.45, 7) is 7.67. The van der Waals surface area contributed by atoms with Crippen LogP contribution in [0.4, 0.5) is 5.69 Å². The zero-order valence-electron chi connectivity index (χ0n) is 14.1. The average molecular weight is 304 g/mol. The second kappa shape index (κ2) is 11.2. The molecule has 0 saturated heterocycles. The molecule has 1 aromatic carbocycles. The first-order valence-electron chi connectivity index (χ1n) is 8.47. The molecule has 5 N–H and O–H groups in total. The predicted molar refractivity (Wildman–Crippen MR) is 96.0 cm³/mol. The SMILES string of the molecule is CC(C)c1ccc(NCCCCN)c(=NCCCCN)cc1. The number of nitrogens with two attached hydrogens (primary N) is 2. The van der Waals surface area contributed by atoms with Crippen molar-refractivity contribution in [3.8, 4) is 0 Å². The van der Waals surface area contributed by atoms with Crippen molar-refractivity contribution in [2.24, 2.45) is 16.5 Å². The van der Waals surface area contributed by atoms with Gasteiger partial charge in [0.2, 0.25) is 0 Å². The minimum absolute atomic E-state index is 0.516. The zero-order valence-corrected chi connectivity index (χ0v) is 14.1. The van der Waals surface area contributed by atoms with Crippen LogP contribution < -0.4 is 22.1 Å². The molecule has 0 aliphatic rings. The number of rotatable bonds is 10. The van der Waals surface area contributed by atoms with Crippen LogP contribution in [0.15, 0.2) is 29.3 Å². The third-order valence-electron chi connectivity index (χ3n) is 3.66. The molecule has 1 aromatic rings. The maximum Gasteiger partial charge on any atom is 0.0805 e. The lowest BCUT2D eigenvalue weighted by Gasteiger charge is -2.05. The summed E-state index contributed by atoms with van der Waals surface area (Å²) in [4.78, 5) is 4.74. The number of unbranched alkanes of at least 4 members (excludes halogenated alkanes) is 2. The number of nitrogens with zero attached hydrogens (tertiary/aromatic N) is 1. The third kappa shape index (κ3) is 7.05. The van der Waals surface area contributed by atoms with Gasteiger partial charge >= 0.3 is 0 Å². The van der Waals surface area contributed by atoms with Crippen LogP contribution in [-0.2, 0) is 0 Å². The van der Waals surface area contributed by atoms with E-state index in [-0.39, 0.29) is 0 Å². The van der Waals surface area contributed by atoms with Gasteiger partial charge in [0.05, 0.1) is 11.0 Å². The Labute approximate surface area is 135 Å². The van der Waals surface area contributed by atoms with Gasteiger partial charge in [-0.05, 0) is 62.4 Å². The van der Waals surface area contributed by atoms with Gasteiger partial charge in [0.1, 0.15) is 0 Å². The standard InChI is InChI=1S/C18H32N4/c1-15(2)16-7-9-17(21-13-5-3-11-19)18(10-8-16)22-14-6-4-12-20/h7-10,15H,3-6,11-14,19-20H2,1-2H3,(H,21,22). The molecule has 0 radical (unpaired) electrons. The summed E-state index contributed by atoms with van der Waals surface area (Å²) in [6.07, 6.45) is 4.20. The van der Waals surface area contributed by atoms with Crippen molar-refractivity contribution < 1.29 is 0 Å². The summed E-state index contributed by atoms with van der Waals surface area (Å²) in [5, 5.41) is 4.54. The first-order chi connectivity index (χ1) is 10.7. The molecule has 0 aliphatic heterocycles. The van der Waals surface area contributed by atoms with Crippen molar-refractivity contribution >= 4 is 5.69 Å². The largest absolute Gasteiger partial charge is 0.383 e. The van der Waals surface area contributed by atoms with E-state index in [1.54, 1.807) is 0 Å². The van der Waals surface area contributed by atoms with Crippen LogP contribution in [0.25, 0.3) is 0 Å². The van der Waals surface area contributed by atoms with Gasteiger partial charge in [0, 0.05) is 13.1 Å². The molecule has 0 heterocycles. The lowest BCUT2D eigenvalue weighted by Crippen LogP contribution is -2.13. The van der Waals surface area contributed by atoms with Gasteiger partial charge in [-0.1, -0.05) is 26.0 Å². The van der Waals surface area contributed by atoms with Gasteiger partial charge < -0.3 is 16.8 Å². The number of hydrogen-bond acceptors (Lipinski definition) is 4. The number of hydrogen-bond donors (Lipinski definition) is 3. The molecule has 0 spiro atoms. The summed E-state index contributed by atoms with van der Waals surface area (Å²) < 4.78 is 0. The Balaban J connectivity index is 2.90. The Kier molecular flexibility index (Phi) is 9.51. The smallest absolute Gasteiger partial charge is 0.0805 e. The maximum atomic E-state index is 5.55. The highest BCUT2D eigenvalue weighted by atomic mass is 14.9. The van der Waals surface area contributed by atoms with Crippen LogP contribution in [0.3, 0.4) is 0 Å². The molecule has 4 heteroatoms. The molecule has 1 rings (SSSR count). The highest BCUT2D eigenvalue weighted by molar-refractivity contribution is 5.43. The van der Waals surface area contributed by atoms with E-state index < -0.39 is 0 Å². The van der Waals surface area contributed by atoms with Crippen molar-refractivity contribution in [1.82, 2.24) is 0 Å². The predicted octanol–water partition coefficient (Wildman–Crippen LogP) is 2.60. The fraction of sp³-hybridized carbons (Fsp3) is 0.611. The lowest BCUT2D eigenvalue weighted by atomic mass is 10.1. The minimum atomic E-state index is 0.516. The average Bonchev–Trinajstić information content (AvgIpc) is 2.71. The van der Waals surface area contributed by atoms with Gasteiger partial charge in [0.25, 0.3) is 0 Å². The van der Waals surface area contributed by atoms with Crippen LogP contribution in [0, 0.1) is 0 Å². The third-order valence-corrected chi connectivity index (χ3v) is 3.66. The van der Waals surface area contributed by atoms with E-state index in [0.717, 1.165) is 62.9 Å². The zero-order chi connectivity index (χ0) is 16.2. The van der Waals surface area contributed by atoms with Crippen molar-refractivity contribution in [2.75, 3.05) is 31.5 Å². The van der Waals surface area contributed by atoms with E-state index in [4.69, 9.17) is 16.5 Å². The molecule has 0 amide bonds. The van der Waals surface area contributed by atoms with Crippen LogP contribution in [-0.4, -0.2) is 26.2 Å². The van der Waals surface area contributed by atoms with Crippen molar-refractivity contribution in [1.29, 1.82) is 0 Å². The van der Waals surface area contributed by atoms with Crippen LogP contribution >= 0.6 is 0 Å². The number of nitrogens with one attached hydrogen (secondary N) is 1. The van der Waals surface area contributed by atoms with E-state index in [1.807, 2.05) is 0 Å². The summed E-state index contributed by atoms with van der Waals surface area (Å²) in [5.41, 5.74) is 13.5. The fourth-order valence-corrected chi connectivity index (χ4v) is 2.21. The van der Waals surface area contributed by atoms with Crippen molar-refractivity contribution in [3.63, 3.8) is 0 Å². The molecule has 0 aliphatic carbocycles. The Morgan fingerprint density at radius 2 is 1.64 bits per heavy atom. The van der Waals surface area contributed by atoms with Crippen LogP contribution in [0.1, 0.15) is 51.0 Å². The first-order valence-corrected chi connectivity index (χ1v) is 8.47. The van der Waals surface area contributed by atoms with Crippen LogP contribution in [0.5, 0.6) is 0 Å². The molecule has 0 bridgehead atoms. The molecule has 4 nitrogen and oxygen atoms in total. The van der Waals surface area contributed by atoms with Gasteiger partial charge in [-0.2, -0.15) is 0 Å². The van der Waals surface area contributed by atoms with Crippen molar-refractivity contribution in [3.05, 3.63) is 35.2 Å². The molecule has 0 fully saturated rings. The molecule has 124 valence electrons. The summed E-state index contributed by atoms with van der Waals surface area (Å²) >= 11 is 0. The Morgan fingerprint density at radius 1 is 0.955 bits per heavy atom.